The molecule has 2 atom stereocenters. The maximum atomic E-state index is 12.1. The van der Waals surface area contributed by atoms with Crippen LogP contribution in [0.4, 0.5) is 13.2 Å². The van der Waals surface area contributed by atoms with Gasteiger partial charge in [-0.1, -0.05) is 0 Å². The van der Waals surface area contributed by atoms with E-state index in [0.717, 1.165) is 0 Å². The zero-order valence-corrected chi connectivity index (χ0v) is 6.91. The van der Waals surface area contributed by atoms with Gasteiger partial charge in [-0.2, -0.15) is 13.2 Å². The third-order valence-electron chi connectivity index (χ3n) is 2.14. The summed E-state index contributed by atoms with van der Waals surface area (Å²) in [5.41, 5.74) is 0. The quantitative estimate of drug-likeness (QED) is 0.658. The summed E-state index contributed by atoms with van der Waals surface area (Å²) in [4.78, 5) is 0. The Balaban J connectivity index is 2.35. The van der Waals surface area contributed by atoms with Gasteiger partial charge in [-0.3, -0.25) is 0 Å². The van der Waals surface area contributed by atoms with E-state index in [9.17, 15) is 13.2 Å². The van der Waals surface area contributed by atoms with Gasteiger partial charge in [0.15, 0.2) is 0 Å². The summed E-state index contributed by atoms with van der Waals surface area (Å²) in [7, 11) is 1.74. The number of rotatable bonds is 2. The normalized spacial score (nSPS) is 31.0. The molecular formula is C7H13F3N2. The van der Waals surface area contributed by atoms with Crippen molar-refractivity contribution in [3.8, 4) is 0 Å². The number of hydrogen-bond acceptors (Lipinski definition) is 2. The molecule has 72 valence electrons. The average molecular weight is 182 g/mol. The lowest BCUT2D eigenvalue weighted by atomic mass is 10.1. The molecule has 0 spiro atoms. The van der Waals surface area contributed by atoms with Crippen molar-refractivity contribution in [2.75, 3.05) is 20.1 Å². The SMILES string of the molecule is CNCC1CC(C(F)(F)F)CN1. The predicted octanol–water partition coefficient (Wildman–Crippen LogP) is 0.746. The first kappa shape index (κ1) is 9.80. The summed E-state index contributed by atoms with van der Waals surface area (Å²) >= 11 is 0. The van der Waals surface area contributed by atoms with E-state index < -0.39 is 12.1 Å². The standard InChI is InChI=1S/C7H13F3N2/c1-11-4-6-2-5(3-12-6)7(8,9)10/h5-6,11-12H,2-4H2,1H3. The second-order valence-corrected chi connectivity index (χ2v) is 3.14. The molecule has 1 rings (SSSR count). The molecule has 1 aliphatic heterocycles. The van der Waals surface area contributed by atoms with E-state index in [1.807, 2.05) is 0 Å². The summed E-state index contributed by atoms with van der Waals surface area (Å²) in [5, 5.41) is 5.68. The molecule has 1 fully saturated rings. The monoisotopic (exact) mass is 182 g/mol. The van der Waals surface area contributed by atoms with Gasteiger partial charge in [0.25, 0.3) is 0 Å². The molecule has 1 heterocycles. The van der Waals surface area contributed by atoms with Gasteiger partial charge in [0.2, 0.25) is 0 Å². The van der Waals surface area contributed by atoms with Gasteiger partial charge in [0.1, 0.15) is 0 Å². The number of likely N-dealkylation sites (N-methyl/N-ethyl adjacent to an activating group) is 1. The van der Waals surface area contributed by atoms with E-state index >= 15 is 0 Å². The van der Waals surface area contributed by atoms with Crippen LogP contribution in [0.2, 0.25) is 0 Å². The zero-order chi connectivity index (χ0) is 9.19. The molecule has 12 heavy (non-hydrogen) atoms. The van der Waals surface area contributed by atoms with Crippen molar-refractivity contribution < 1.29 is 13.2 Å². The Morgan fingerprint density at radius 3 is 2.58 bits per heavy atom. The van der Waals surface area contributed by atoms with Crippen LogP contribution in [0, 0.1) is 5.92 Å². The summed E-state index contributed by atoms with van der Waals surface area (Å²) in [5.74, 6) is -1.16. The molecule has 1 aliphatic rings. The lowest BCUT2D eigenvalue weighted by Crippen LogP contribution is -2.31. The van der Waals surface area contributed by atoms with Gasteiger partial charge >= 0.3 is 6.18 Å². The van der Waals surface area contributed by atoms with Crippen LogP contribution in [0.5, 0.6) is 0 Å². The van der Waals surface area contributed by atoms with Crippen LogP contribution in [-0.2, 0) is 0 Å². The Bertz CT molecular complexity index is 146. The topological polar surface area (TPSA) is 24.1 Å². The van der Waals surface area contributed by atoms with Gasteiger partial charge in [-0.15, -0.1) is 0 Å². The summed E-state index contributed by atoms with van der Waals surface area (Å²) in [6.45, 7) is 0.669. The first-order chi connectivity index (χ1) is 5.54. The maximum absolute atomic E-state index is 12.1. The highest BCUT2D eigenvalue weighted by Gasteiger charge is 2.43. The van der Waals surface area contributed by atoms with Crippen molar-refractivity contribution in [3.63, 3.8) is 0 Å². The van der Waals surface area contributed by atoms with Crippen molar-refractivity contribution in [3.05, 3.63) is 0 Å². The van der Waals surface area contributed by atoms with Crippen molar-refractivity contribution in [2.45, 2.75) is 18.6 Å². The van der Waals surface area contributed by atoms with Gasteiger partial charge in [-0.25, -0.2) is 0 Å². The van der Waals surface area contributed by atoms with E-state index in [1.54, 1.807) is 7.05 Å². The average Bonchev–Trinajstić information content (AvgIpc) is 2.35. The Morgan fingerprint density at radius 1 is 1.50 bits per heavy atom. The number of halogens is 3. The Morgan fingerprint density at radius 2 is 2.17 bits per heavy atom. The first-order valence-corrected chi connectivity index (χ1v) is 3.98. The minimum atomic E-state index is -4.03. The van der Waals surface area contributed by atoms with Gasteiger partial charge < -0.3 is 10.6 Å². The van der Waals surface area contributed by atoms with Crippen molar-refractivity contribution in [1.29, 1.82) is 0 Å². The fourth-order valence-corrected chi connectivity index (χ4v) is 1.47. The van der Waals surface area contributed by atoms with Crippen LogP contribution in [-0.4, -0.2) is 32.4 Å². The van der Waals surface area contributed by atoms with Gasteiger partial charge in [0.05, 0.1) is 5.92 Å². The van der Waals surface area contributed by atoms with E-state index in [2.05, 4.69) is 10.6 Å². The highest BCUT2D eigenvalue weighted by atomic mass is 19.4. The fraction of sp³-hybridized carbons (Fsp3) is 1.00. The molecule has 2 unspecified atom stereocenters. The largest absolute Gasteiger partial charge is 0.393 e. The van der Waals surface area contributed by atoms with Crippen LogP contribution in [0.1, 0.15) is 6.42 Å². The maximum Gasteiger partial charge on any atom is 0.393 e. The van der Waals surface area contributed by atoms with Crippen molar-refractivity contribution in [1.82, 2.24) is 10.6 Å². The summed E-state index contributed by atoms with van der Waals surface area (Å²) in [6.07, 6.45) is -3.83. The zero-order valence-electron chi connectivity index (χ0n) is 6.91. The Labute approximate surface area is 69.5 Å². The van der Waals surface area contributed by atoms with Crippen molar-refractivity contribution >= 4 is 0 Å². The highest BCUT2D eigenvalue weighted by Crippen LogP contribution is 2.32. The molecule has 0 amide bonds. The third-order valence-corrected chi connectivity index (χ3v) is 2.14. The van der Waals surface area contributed by atoms with Gasteiger partial charge in [0, 0.05) is 19.1 Å². The molecule has 0 aromatic carbocycles. The molecule has 1 saturated heterocycles. The van der Waals surface area contributed by atoms with Crippen LogP contribution in [0.15, 0.2) is 0 Å². The molecule has 5 heteroatoms. The lowest BCUT2D eigenvalue weighted by Gasteiger charge is -2.13. The predicted molar refractivity (Wildman–Crippen MR) is 39.9 cm³/mol. The van der Waals surface area contributed by atoms with E-state index in [4.69, 9.17) is 0 Å². The minimum absolute atomic E-state index is 0.0263. The smallest absolute Gasteiger partial charge is 0.318 e. The third kappa shape index (κ3) is 2.35. The van der Waals surface area contributed by atoms with Crippen LogP contribution >= 0.6 is 0 Å². The molecule has 2 N–H and O–H groups in total. The highest BCUT2D eigenvalue weighted by molar-refractivity contribution is 4.86. The van der Waals surface area contributed by atoms with Crippen LogP contribution in [0.25, 0.3) is 0 Å². The van der Waals surface area contributed by atoms with E-state index in [0.29, 0.717) is 6.54 Å². The molecule has 2 nitrogen and oxygen atoms in total. The molecule has 0 aromatic heterocycles. The minimum Gasteiger partial charge on any atom is -0.318 e. The van der Waals surface area contributed by atoms with Crippen molar-refractivity contribution in [2.24, 2.45) is 5.92 Å². The first-order valence-electron chi connectivity index (χ1n) is 3.98. The Hall–Kier alpha value is -0.290. The number of nitrogens with one attached hydrogen (secondary N) is 2. The summed E-state index contributed by atoms with van der Waals surface area (Å²) in [6, 6.07) is -0.0263. The molecule has 0 aromatic rings. The lowest BCUT2D eigenvalue weighted by molar-refractivity contribution is -0.169. The fourth-order valence-electron chi connectivity index (χ4n) is 1.47. The molecule has 0 bridgehead atoms. The number of hydrogen-bond donors (Lipinski definition) is 2. The van der Waals surface area contributed by atoms with Gasteiger partial charge in [-0.05, 0) is 13.5 Å². The Kier molecular flexibility index (Phi) is 2.95. The molecule has 0 saturated carbocycles. The van der Waals surface area contributed by atoms with E-state index in [-0.39, 0.29) is 19.0 Å². The number of alkyl halides is 3. The summed E-state index contributed by atoms with van der Waals surface area (Å²) < 4.78 is 36.3. The molecular weight excluding hydrogens is 169 g/mol. The van der Waals surface area contributed by atoms with E-state index in [1.165, 1.54) is 0 Å². The van der Waals surface area contributed by atoms with Crippen LogP contribution in [0.3, 0.4) is 0 Å². The second kappa shape index (κ2) is 3.62. The van der Waals surface area contributed by atoms with Crippen LogP contribution < -0.4 is 10.6 Å². The molecule has 0 radical (unpaired) electrons. The second-order valence-electron chi connectivity index (χ2n) is 3.14. The molecule has 0 aliphatic carbocycles.